The van der Waals surface area contributed by atoms with E-state index in [0.29, 0.717) is 5.92 Å². The monoisotopic (exact) mass is 986 g/mol. The Hall–Kier alpha value is -6.17. The van der Waals surface area contributed by atoms with Gasteiger partial charge in [-0.15, -0.1) is 54.1 Å². The number of furan rings is 1. The van der Waals surface area contributed by atoms with Gasteiger partial charge in [0.15, 0.2) is 0 Å². The summed E-state index contributed by atoms with van der Waals surface area (Å²) in [5.74, 6) is 1.47. The van der Waals surface area contributed by atoms with Crippen molar-refractivity contribution in [2.45, 2.75) is 39.9 Å². The fourth-order valence-electron chi connectivity index (χ4n) is 8.17. The summed E-state index contributed by atoms with van der Waals surface area (Å²) in [5, 5.41) is 3.64. The predicted octanol–water partition coefficient (Wildman–Crippen LogP) is 14.0. The predicted molar refractivity (Wildman–Crippen MR) is 254 cm³/mol. The van der Waals surface area contributed by atoms with Gasteiger partial charge in [-0.2, -0.15) is 0 Å². The summed E-state index contributed by atoms with van der Waals surface area (Å²) >= 11 is 0. The Bertz CT molecular complexity index is 3080. The molecule has 7 aromatic carbocycles. The van der Waals surface area contributed by atoms with E-state index in [9.17, 15) is 0 Å². The molecule has 10 aromatic rings. The standard InChI is InChI=1S/C37H23N2O.C18H24NSi.Ir/c1-3-12-25(13-4-1)27-22-23-33(31(24-27)26-14-5-2-6-15-26)39-34-20-9-8-19-32(34)38-37(39)30-18-11-17-29-28-16-7-10-21-35(28)40-36(29)30;1-14(2)11-16-12-17(15-9-7-6-8-10-15)19-13-18(16)20(3,4)5;/h1-17,19-24H;6-9,12-14H,11H2,1-5H3;/q2*-1;. The van der Waals surface area contributed by atoms with E-state index >= 15 is 0 Å². The number of hydrogen-bond donors (Lipinski definition) is 0. The van der Waals surface area contributed by atoms with E-state index < -0.39 is 8.07 Å². The average molecular weight is 986 g/mol. The summed E-state index contributed by atoms with van der Waals surface area (Å²) in [7, 11) is -1.34. The van der Waals surface area contributed by atoms with Crippen molar-refractivity contribution < 1.29 is 24.5 Å². The molecule has 4 nitrogen and oxygen atoms in total. The van der Waals surface area contributed by atoms with Crippen molar-refractivity contribution in [3.8, 4) is 50.6 Å². The number of benzene rings is 7. The van der Waals surface area contributed by atoms with Crippen LogP contribution in [0.25, 0.3) is 83.6 Å². The molecule has 61 heavy (non-hydrogen) atoms. The number of nitrogens with zero attached hydrogens (tertiary/aromatic N) is 3. The summed E-state index contributed by atoms with van der Waals surface area (Å²) < 4.78 is 8.69. The molecule has 1 radical (unpaired) electrons. The Morgan fingerprint density at radius 2 is 1.36 bits per heavy atom. The Morgan fingerprint density at radius 3 is 2.10 bits per heavy atom. The summed E-state index contributed by atoms with van der Waals surface area (Å²) in [4.78, 5) is 9.85. The second-order valence-electron chi connectivity index (χ2n) is 16.8. The number of hydrogen-bond acceptors (Lipinski definition) is 3. The first-order valence-corrected chi connectivity index (χ1v) is 24.2. The van der Waals surface area contributed by atoms with Crippen molar-refractivity contribution >= 4 is 46.2 Å². The molecule has 0 unspecified atom stereocenters. The van der Waals surface area contributed by atoms with Crippen LogP contribution in [0.3, 0.4) is 0 Å². The summed E-state index contributed by atoms with van der Waals surface area (Å²) in [5.41, 5.74) is 13.7. The van der Waals surface area contributed by atoms with E-state index in [-0.39, 0.29) is 20.1 Å². The van der Waals surface area contributed by atoms with Gasteiger partial charge in [-0.3, -0.25) is 4.98 Å². The van der Waals surface area contributed by atoms with Crippen LogP contribution in [0.1, 0.15) is 19.4 Å². The minimum absolute atomic E-state index is 0. The fourth-order valence-corrected chi connectivity index (χ4v) is 9.75. The molecule has 0 saturated heterocycles. The normalized spacial score (nSPS) is 11.4. The van der Waals surface area contributed by atoms with Gasteiger partial charge in [0.2, 0.25) is 0 Å². The van der Waals surface area contributed by atoms with E-state index in [4.69, 9.17) is 9.40 Å². The maximum atomic E-state index is 6.43. The zero-order valence-electron chi connectivity index (χ0n) is 35.1. The first-order valence-electron chi connectivity index (χ1n) is 20.7. The minimum atomic E-state index is -1.34. The number of rotatable bonds is 8. The Morgan fingerprint density at radius 1 is 0.656 bits per heavy atom. The second kappa shape index (κ2) is 17.8. The number of aromatic nitrogens is 3. The minimum Gasteiger partial charge on any atom is -0.501 e. The molecule has 0 N–H and O–H groups in total. The number of pyridine rings is 1. The van der Waals surface area contributed by atoms with Crippen LogP contribution in [0.15, 0.2) is 180 Å². The van der Waals surface area contributed by atoms with Crippen molar-refractivity contribution in [1.82, 2.24) is 14.5 Å². The molecular formula is C55H47IrN3OSi-2. The van der Waals surface area contributed by atoms with Gasteiger partial charge >= 0.3 is 0 Å². The largest absolute Gasteiger partial charge is 0.501 e. The maximum absolute atomic E-state index is 6.43. The smallest absolute Gasteiger partial charge is 0.120 e. The van der Waals surface area contributed by atoms with Gasteiger partial charge in [0.1, 0.15) is 5.58 Å². The molecule has 6 heteroatoms. The van der Waals surface area contributed by atoms with Crippen molar-refractivity contribution in [3.63, 3.8) is 0 Å². The molecule has 3 aromatic heterocycles. The Balaban J connectivity index is 0.000000208. The number of fused-ring (bicyclic) bond motifs is 4. The topological polar surface area (TPSA) is 43.9 Å². The van der Waals surface area contributed by atoms with Crippen molar-refractivity contribution in [1.29, 1.82) is 0 Å². The SMILES string of the molecule is CC(C)Cc1cc(-c2[c-]cccc2)ncc1[Si](C)(C)C.[Ir].[c-]1ccc2c(oc3ccccc32)c1-c1nc2ccccc2n1-c1ccc(-c2ccccc2)cc1-c1ccccc1. The Kier molecular flexibility index (Phi) is 12.1. The van der Waals surface area contributed by atoms with E-state index in [0.717, 1.165) is 78.9 Å². The van der Waals surface area contributed by atoms with Crippen LogP contribution in [-0.2, 0) is 26.5 Å². The molecule has 3 heterocycles. The zero-order valence-corrected chi connectivity index (χ0v) is 38.5. The Labute approximate surface area is 373 Å². The van der Waals surface area contributed by atoms with Gasteiger partial charge in [-0.25, -0.2) is 0 Å². The van der Waals surface area contributed by atoms with Crippen molar-refractivity contribution in [3.05, 3.63) is 194 Å². The molecule has 0 aliphatic heterocycles. The zero-order chi connectivity index (χ0) is 41.2. The van der Waals surface area contributed by atoms with Crippen LogP contribution in [0, 0.1) is 18.1 Å². The van der Waals surface area contributed by atoms with Crippen molar-refractivity contribution in [2.75, 3.05) is 0 Å². The van der Waals surface area contributed by atoms with Crippen LogP contribution < -0.4 is 5.19 Å². The quantitative estimate of drug-likeness (QED) is 0.113. The van der Waals surface area contributed by atoms with Crippen LogP contribution in [-0.4, -0.2) is 22.6 Å². The molecule has 0 bridgehead atoms. The van der Waals surface area contributed by atoms with Crippen LogP contribution in [0.2, 0.25) is 19.6 Å². The molecule has 0 fully saturated rings. The summed E-state index contributed by atoms with van der Waals surface area (Å²) in [6, 6.07) is 65.4. The summed E-state index contributed by atoms with van der Waals surface area (Å²) in [6.45, 7) is 11.7. The molecule has 0 amide bonds. The van der Waals surface area contributed by atoms with E-state index in [1.807, 2.05) is 48.5 Å². The number of para-hydroxylation sites is 3. The van der Waals surface area contributed by atoms with E-state index in [1.54, 1.807) is 0 Å². The van der Waals surface area contributed by atoms with E-state index in [1.165, 1.54) is 21.9 Å². The van der Waals surface area contributed by atoms with E-state index in [2.05, 4.69) is 183 Å². The first kappa shape index (κ1) is 41.6. The molecule has 0 saturated carbocycles. The third-order valence-electron chi connectivity index (χ3n) is 11.0. The maximum Gasteiger partial charge on any atom is 0.120 e. The van der Waals surface area contributed by atoms with Gasteiger partial charge in [-0.1, -0.05) is 153 Å². The molecule has 0 atom stereocenters. The molecule has 0 aliphatic rings. The van der Waals surface area contributed by atoms with Gasteiger partial charge < -0.3 is 14.0 Å². The van der Waals surface area contributed by atoms with Gasteiger partial charge in [0, 0.05) is 42.9 Å². The average Bonchev–Trinajstić information content (AvgIpc) is 3.86. The van der Waals surface area contributed by atoms with Crippen LogP contribution >= 0.6 is 0 Å². The molecule has 0 spiro atoms. The van der Waals surface area contributed by atoms with Gasteiger partial charge in [0.25, 0.3) is 0 Å². The third-order valence-corrected chi connectivity index (χ3v) is 13.0. The van der Waals surface area contributed by atoms with Crippen LogP contribution in [0.5, 0.6) is 0 Å². The van der Waals surface area contributed by atoms with Crippen molar-refractivity contribution in [2.24, 2.45) is 5.92 Å². The molecule has 0 aliphatic carbocycles. The fraction of sp³-hybridized carbons (Fsp3) is 0.127. The number of imidazole rings is 1. The third kappa shape index (κ3) is 8.58. The second-order valence-corrected chi connectivity index (χ2v) is 21.8. The van der Waals surface area contributed by atoms with Gasteiger partial charge in [-0.05, 0) is 70.2 Å². The summed E-state index contributed by atoms with van der Waals surface area (Å²) in [6.07, 6.45) is 3.24. The molecule has 303 valence electrons. The molecule has 10 rings (SSSR count). The van der Waals surface area contributed by atoms with Crippen LogP contribution in [0.4, 0.5) is 0 Å². The molecular weight excluding hydrogens is 939 g/mol. The first-order chi connectivity index (χ1) is 29.2. The van der Waals surface area contributed by atoms with Gasteiger partial charge in [0.05, 0.1) is 30.5 Å².